The van der Waals surface area contributed by atoms with Gasteiger partial charge in [0, 0.05) is 6.07 Å². The molecule has 76 valence electrons. The van der Waals surface area contributed by atoms with Crippen LogP contribution in [-0.2, 0) is 6.54 Å². The maximum absolute atomic E-state index is 8.43. The normalized spacial score (nSPS) is 10.9. The Morgan fingerprint density at radius 1 is 1.40 bits per heavy atom. The van der Waals surface area contributed by atoms with E-state index in [1.165, 1.54) is 11.1 Å². The van der Waals surface area contributed by atoms with E-state index >= 15 is 0 Å². The highest BCUT2D eigenvalue weighted by Crippen LogP contribution is 2.07. The summed E-state index contributed by atoms with van der Waals surface area (Å²) < 4.78 is 2.06. The molecule has 0 unspecified atom stereocenters. The van der Waals surface area contributed by atoms with Crippen molar-refractivity contribution >= 4 is 17.6 Å². The highest BCUT2D eigenvalue weighted by Gasteiger charge is 2.03. The first kappa shape index (κ1) is 9.86. The molecule has 0 saturated heterocycles. The molecule has 3 nitrogen and oxygen atoms in total. The molecule has 1 N–H and O–H groups in total. The fourth-order valence-corrected chi connectivity index (χ4v) is 2.08. The van der Waals surface area contributed by atoms with Crippen LogP contribution in [-0.4, -0.2) is 11.4 Å². The van der Waals surface area contributed by atoms with E-state index < -0.39 is 0 Å². The third kappa shape index (κ3) is 2.63. The van der Waals surface area contributed by atoms with Gasteiger partial charge in [-0.15, -0.1) is 11.3 Å². The molecule has 0 aliphatic rings. The first-order valence-electron chi connectivity index (χ1n) is 4.57. The molecule has 0 aliphatic heterocycles. The predicted molar refractivity (Wildman–Crippen MR) is 59.4 cm³/mol. The molecule has 4 heteroatoms. The lowest BCUT2D eigenvalue weighted by Gasteiger charge is -1.94. The Morgan fingerprint density at radius 2 is 2.33 bits per heavy atom. The van der Waals surface area contributed by atoms with Crippen LogP contribution in [0.5, 0.6) is 0 Å². The molecule has 0 spiro atoms. The molecule has 0 aromatic carbocycles. The third-order valence-corrected chi connectivity index (χ3v) is 2.87. The minimum Gasteiger partial charge on any atom is -0.411 e. The lowest BCUT2D eigenvalue weighted by Crippen LogP contribution is -2.33. The third-order valence-electron chi connectivity index (χ3n) is 2.01. The Labute approximate surface area is 91.9 Å². The zero-order valence-electron chi connectivity index (χ0n) is 8.08. The summed E-state index contributed by atoms with van der Waals surface area (Å²) in [7, 11) is 0. The molecular weight excluding hydrogens is 208 g/mol. The van der Waals surface area contributed by atoms with Crippen molar-refractivity contribution in [2.45, 2.75) is 6.54 Å². The van der Waals surface area contributed by atoms with Gasteiger partial charge in [0.2, 0.25) is 0 Å². The Kier molecular flexibility index (Phi) is 3.09. The van der Waals surface area contributed by atoms with Crippen LogP contribution in [0.2, 0.25) is 0 Å². The number of rotatable bonds is 3. The average Bonchev–Trinajstić information content (AvgIpc) is 2.71. The lowest BCUT2D eigenvalue weighted by molar-refractivity contribution is -0.687. The van der Waals surface area contributed by atoms with Crippen LogP contribution in [0.1, 0.15) is 10.4 Å². The molecule has 2 aromatic rings. The molecule has 0 fully saturated rings. The summed E-state index contributed by atoms with van der Waals surface area (Å²) in [4.78, 5) is 1.30. The van der Waals surface area contributed by atoms with Gasteiger partial charge in [0.15, 0.2) is 18.9 Å². The Balaban J connectivity index is 2.18. The summed E-state index contributed by atoms with van der Waals surface area (Å²) in [6, 6.07) is 7.97. The van der Waals surface area contributed by atoms with Crippen LogP contribution in [0.3, 0.4) is 0 Å². The molecule has 2 aromatic heterocycles. The molecule has 0 aliphatic carbocycles. The standard InChI is InChI=1S/C11H10N2OS/c14-12-7-10-3-1-5-13(8-10)9-11-4-2-6-15-11/h1-8H,9H2/p+1/b12-7+. The molecule has 0 atom stereocenters. The minimum atomic E-state index is 0.852. The minimum absolute atomic E-state index is 0.852. The number of pyridine rings is 1. The zero-order valence-corrected chi connectivity index (χ0v) is 8.89. The van der Waals surface area contributed by atoms with Crippen molar-refractivity contribution < 1.29 is 9.77 Å². The summed E-state index contributed by atoms with van der Waals surface area (Å²) in [6.07, 6.45) is 5.36. The second-order valence-electron chi connectivity index (χ2n) is 3.13. The second-order valence-corrected chi connectivity index (χ2v) is 4.17. The van der Waals surface area contributed by atoms with E-state index in [-0.39, 0.29) is 0 Å². The summed E-state index contributed by atoms with van der Waals surface area (Å²) in [5.41, 5.74) is 0.886. The molecule has 0 radical (unpaired) electrons. The first-order chi connectivity index (χ1) is 7.38. The fraction of sp³-hybridized carbons (Fsp3) is 0.0909. The van der Waals surface area contributed by atoms with Gasteiger partial charge in [0.25, 0.3) is 0 Å². The second kappa shape index (κ2) is 4.70. The Bertz CT molecular complexity index is 451. The van der Waals surface area contributed by atoms with Gasteiger partial charge in [-0.2, -0.15) is 4.57 Å². The molecule has 0 bridgehead atoms. The van der Waals surface area contributed by atoms with Crippen molar-refractivity contribution in [3.63, 3.8) is 0 Å². The van der Waals surface area contributed by atoms with Gasteiger partial charge in [-0.1, -0.05) is 11.2 Å². The first-order valence-corrected chi connectivity index (χ1v) is 5.45. The largest absolute Gasteiger partial charge is 0.411 e. The molecule has 2 rings (SSSR count). The number of thiophene rings is 1. The topological polar surface area (TPSA) is 36.5 Å². The monoisotopic (exact) mass is 219 g/mol. The van der Waals surface area contributed by atoms with Gasteiger partial charge < -0.3 is 5.21 Å². The maximum atomic E-state index is 8.43. The Hall–Kier alpha value is -1.68. The number of hydrogen-bond acceptors (Lipinski definition) is 3. The van der Waals surface area contributed by atoms with Crippen molar-refractivity contribution in [2.24, 2.45) is 5.16 Å². The van der Waals surface area contributed by atoms with Gasteiger partial charge in [-0.3, -0.25) is 0 Å². The number of hydrogen-bond donors (Lipinski definition) is 1. The Morgan fingerprint density at radius 3 is 3.07 bits per heavy atom. The number of nitrogens with zero attached hydrogens (tertiary/aromatic N) is 2. The van der Waals surface area contributed by atoms with Gasteiger partial charge >= 0.3 is 0 Å². The van der Waals surface area contributed by atoms with Crippen LogP contribution in [0.15, 0.2) is 47.2 Å². The average molecular weight is 219 g/mol. The summed E-state index contributed by atoms with van der Waals surface area (Å²) >= 11 is 1.73. The van der Waals surface area contributed by atoms with E-state index in [1.54, 1.807) is 11.3 Å². The fourth-order valence-electron chi connectivity index (χ4n) is 1.37. The summed E-state index contributed by atoms with van der Waals surface area (Å²) in [5.74, 6) is 0. The van der Waals surface area contributed by atoms with Crippen LogP contribution in [0, 0.1) is 0 Å². The summed E-state index contributed by atoms with van der Waals surface area (Å²) in [6.45, 7) is 0.852. The van der Waals surface area contributed by atoms with Crippen molar-refractivity contribution in [1.82, 2.24) is 0 Å². The van der Waals surface area contributed by atoms with Crippen molar-refractivity contribution in [3.05, 3.63) is 52.5 Å². The summed E-state index contributed by atoms with van der Waals surface area (Å²) in [5, 5.41) is 13.5. The van der Waals surface area contributed by atoms with Gasteiger partial charge in [-0.05, 0) is 17.5 Å². The highest BCUT2D eigenvalue weighted by atomic mass is 32.1. The van der Waals surface area contributed by atoms with Crippen LogP contribution < -0.4 is 4.57 Å². The smallest absolute Gasteiger partial charge is 0.182 e. The number of oxime groups is 1. The van der Waals surface area contributed by atoms with E-state index in [0.29, 0.717) is 0 Å². The van der Waals surface area contributed by atoms with Crippen LogP contribution in [0.25, 0.3) is 0 Å². The van der Waals surface area contributed by atoms with Gasteiger partial charge in [-0.25, -0.2) is 0 Å². The van der Waals surface area contributed by atoms with Crippen LogP contribution in [0.4, 0.5) is 0 Å². The highest BCUT2D eigenvalue weighted by molar-refractivity contribution is 7.09. The van der Waals surface area contributed by atoms with Crippen molar-refractivity contribution in [1.29, 1.82) is 0 Å². The molecular formula is C11H11N2OS+. The van der Waals surface area contributed by atoms with E-state index in [2.05, 4.69) is 21.2 Å². The maximum Gasteiger partial charge on any atom is 0.182 e. The number of aromatic nitrogens is 1. The van der Waals surface area contributed by atoms with Crippen molar-refractivity contribution in [3.8, 4) is 0 Å². The van der Waals surface area contributed by atoms with E-state index in [9.17, 15) is 0 Å². The SMILES string of the molecule is O/N=C/c1ccc[n+](Cc2cccs2)c1. The predicted octanol–water partition coefficient (Wildman–Crippen LogP) is 1.89. The quantitative estimate of drug-likeness (QED) is 0.364. The lowest BCUT2D eigenvalue weighted by atomic mass is 10.3. The van der Waals surface area contributed by atoms with E-state index in [1.807, 2.05) is 30.6 Å². The molecule has 0 amide bonds. The van der Waals surface area contributed by atoms with Gasteiger partial charge in [0.1, 0.15) is 0 Å². The zero-order chi connectivity index (χ0) is 10.5. The van der Waals surface area contributed by atoms with Gasteiger partial charge in [0.05, 0.1) is 16.7 Å². The van der Waals surface area contributed by atoms with E-state index in [0.717, 1.165) is 12.1 Å². The molecule has 0 saturated carbocycles. The van der Waals surface area contributed by atoms with Crippen LogP contribution >= 0.6 is 11.3 Å². The molecule has 2 heterocycles. The van der Waals surface area contributed by atoms with Crippen molar-refractivity contribution in [2.75, 3.05) is 0 Å². The molecule has 15 heavy (non-hydrogen) atoms. The van der Waals surface area contributed by atoms with E-state index in [4.69, 9.17) is 5.21 Å².